The first-order valence-electron chi connectivity index (χ1n) is 7.03. The zero-order valence-electron chi connectivity index (χ0n) is 11.2. The molecule has 1 aliphatic rings. The van der Waals surface area contributed by atoms with Crippen molar-refractivity contribution in [3.8, 4) is 0 Å². The fourth-order valence-electron chi connectivity index (χ4n) is 2.95. The maximum atomic E-state index is 9.37. The average molecular weight is 227 g/mol. The molecule has 0 radical (unpaired) electrons. The molecule has 3 unspecified atom stereocenters. The summed E-state index contributed by atoms with van der Waals surface area (Å²) < 4.78 is 0. The monoisotopic (exact) mass is 227 g/mol. The molecule has 2 N–H and O–H groups in total. The van der Waals surface area contributed by atoms with Crippen LogP contribution < -0.4 is 5.32 Å². The molecule has 0 aliphatic heterocycles. The Hall–Kier alpha value is -0.0800. The largest absolute Gasteiger partial charge is 0.396 e. The van der Waals surface area contributed by atoms with Gasteiger partial charge in [0.1, 0.15) is 0 Å². The summed E-state index contributed by atoms with van der Waals surface area (Å²) in [4.78, 5) is 0. The Morgan fingerprint density at radius 1 is 1.19 bits per heavy atom. The van der Waals surface area contributed by atoms with Crippen LogP contribution in [0.1, 0.15) is 52.9 Å². The smallest absolute Gasteiger partial charge is 0.0462 e. The van der Waals surface area contributed by atoms with E-state index >= 15 is 0 Å². The summed E-state index contributed by atoms with van der Waals surface area (Å²) in [5, 5.41) is 13.1. The zero-order chi connectivity index (χ0) is 12.0. The first-order valence-corrected chi connectivity index (χ1v) is 7.03. The second-order valence-corrected chi connectivity index (χ2v) is 5.65. The second-order valence-electron chi connectivity index (χ2n) is 5.65. The van der Waals surface area contributed by atoms with E-state index in [0.717, 1.165) is 6.54 Å². The third-order valence-electron chi connectivity index (χ3n) is 4.19. The van der Waals surface area contributed by atoms with Crippen LogP contribution >= 0.6 is 0 Å². The Balaban J connectivity index is 2.34. The molecule has 0 bridgehead atoms. The summed E-state index contributed by atoms with van der Waals surface area (Å²) in [6, 6.07) is 0.640. The van der Waals surface area contributed by atoms with E-state index in [1.807, 2.05) is 0 Å². The third-order valence-corrected chi connectivity index (χ3v) is 4.19. The molecule has 2 heteroatoms. The first-order chi connectivity index (χ1) is 7.69. The molecule has 1 aliphatic carbocycles. The average Bonchev–Trinajstić information content (AvgIpc) is 2.30. The fourth-order valence-corrected chi connectivity index (χ4v) is 2.95. The first kappa shape index (κ1) is 14.0. The van der Waals surface area contributed by atoms with E-state index in [9.17, 15) is 5.11 Å². The van der Waals surface area contributed by atoms with Crippen molar-refractivity contribution in [2.75, 3.05) is 13.2 Å². The molecule has 0 aromatic rings. The van der Waals surface area contributed by atoms with Gasteiger partial charge in [-0.05, 0) is 43.6 Å². The quantitative estimate of drug-likeness (QED) is 0.731. The summed E-state index contributed by atoms with van der Waals surface area (Å²) >= 11 is 0. The zero-order valence-corrected chi connectivity index (χ0v) is 11.2. The lowest BCUT2D eigenvalue weighted by atomic mass is 9.79. The fraction of sp³-hybridized carbons (Fsp3) is 1.00. The highest BCUT2D eigenvalue weighted by atomic mass is 16.3. The molecule has 2 nitrogen and oxygen atoms in total. The van der Waals surface area contributed by atoms with Crippen LogP contribution in [0, 0.1) is 17.8 Å². The Morgan fingerprint density at radius 3 is 2.31 bits per heavy atom. The van der Waals surface area contributed by atoms with Crippen LogP contribution in [0.15, 0.2) is 0 Å². The van der Waals surface area contributed by atoms with Crippen molar-refractivity contribution in [1.29, 1.82) is 0 Å². The number of hydrogen-bond donors (Lipinski definition) is 2. The minimum Gasteiger partial charge on any atom is -0.396 e. The molecule has 3 atom stereocenters. The lowest BCUT2D eigenvalue weighted by Gasteiger charge is -2.32. The summed E-state index contributed by atoms with van der Waals surface area (Å²) in [5.41, 5.74) is 0. The van der Waals surface area contributed by atoms with Crippen molar-refractivity contribution in [2.45, 2.75) is 58.9 Å². The van der Waals surface area contributed by atoms with Gasteiger partial charge >= 0.3 is 0 Å². The summed E-state index contributed by atoms with van der Waals surface area (Å²) in [6.45, 7) is 8.30. The topological polar surface area (TPSA) is 32.3 Å². The van der Waals surface area contributed by atoms with Crippen LogP contribution in [0.3, 0.4) is 0 Å². The molecular formula is C14H29NO. The van der Waals surface area contributed by atoms with Gasteiger partial charge in [0.05, 0.1) is 0 Å². The van der Waals surface area contributed by atoms with Gasteiger partial charge in [-0.1, -0.05) is 33.6 Å². The molecule has 1 fully saturated rings. The molecule has 0 saturated heterocycles. The van der Waals surface area contributed by atoms with Crippen LogP contribution in [0.25, 0.3) is 0 Å². The van der Waals surface area contributed by atoms with Crippen molar-refractivity contribution in [1.82, 2.24) is 5.32 Å². The predicted octanol–water partition coefficient (Wildman–Crippen LogP) is 2.81. The third kappa shape index (κ3) is 4.06. The van der Waals surface area contributed by atoms with E-state index in [1.165, 1.54) is 32.1 Å². The van der Waals surface area contributed by atoms with Gasteiger partial charge < -0.3 is 10.4 Å². The molecule has 1 saturated carbocycles. The Labute approximate surface area is 101 Å². The van der Waals surface area contributed by atoms with Crippen LogP contribution in [0.4, 0.5) is 0 Å². The Bertz CT molecular complexity index is 182. The standard InChI is InChI=1S/C14H29NO/c1-4-14(11(2)3)15-9-12-7-5-6-8-13(12)10-16/h11-16H,4-10H2,1-3H3. The van der Waals surface area contributed by atoms with Crippen molar-refractivity contribution in [3.63, 3.8) is 0 Å². The molecule has 0 spiro atoms. The van der Waals surface area contributed by atoms with Crippen LogP contribution in [-0.2, 0) is 0 Å². The van der Waals surface area contributed by atoms with E-state index in [2.05, 4.69) is 26.1 Å². The lowest BCUT2D eigenvalue weighted by molar-refractivity contribution is 0.129. The molecule has 0 amide bonds. The molecule has 0 aromatic heterocycles. The van der Waals surface area contributed by atoms with E-state index in [0.29, 0.717) is 30.4 Å². The maximum Gasteiger partial charge on any atom is 0.0462 e. The van der Waals surface area contributed by atoms with Crippen molar-refractivity contribution in [2.24, 2.45) is 17.8 Å². The van der Waals surface area contributed by atoms with Crippen LogP contribution in [-0.4, -0.2) is 24.3 Å². The SMILES string of the molecule is CCC(NCC1CCCCC1CO)C(C)C. The molecular weight excluding hydrogens is 198 g/mol. The molecule has 96 valence electrons. The van der Waals surface area contributed by atoms with Gasteiger partial charge in [-0.15, -0.1) is 0 Å². The van der Waals surface area contributed by atoms with Gasteiger partial charge in [-0.2, -0.15) is 0 Å². The van der Waals surface area contributed by atoms with E-state index in [1.54, 1.807) is 0 Å². The molecule has 0 aromatic carbocycles. The van der Waals surface area contributed by atoms with Gasteiger partial charge in [-0.25, -0.2) is 0 Å². The maximum absolute atomic E-state index is 9.37. The molecule has 16 heavy (non-hydrogen) atoms. The van der Waals surface area contributed by atoms with Gasteiger partial charge in [0.2, 0.25) is 0 Å². The number of nitrogens with one attached hydrogen (secondary N) is 1. The van der Waals surface area contributed by atoms with Crippen molar-refractivity contribution < 1.29 is 5.11 Å². The van der Waals surface area contributed by atoms with Gasteiger partial charge in [0.25, 0.3) is 0 Å². The Morgan fingerprint density at radius 2 is 1.81 bits per heavy atom. The minimum absolute atomic E-state index is 0.380. The van der Waals surface area contributed by atoms with E-state index in [-0.39, 0.29) is 0 Å². The van der Waals surface area contributed by atoms with Gasteiger partial charge in [0.15, 0.2) is 0 Å². The van der Waals surface area contributed by atoms with Crippen molar-refractivity contribution >= 4 is 0 Å². The number of aliphatic hydroxyl groups is 1. The second kappa shape index (κ2) is 7.29. The number of rotatable bonds is 6. The molecule has 1 rings (SSSR count). The minimum atomic E-state index is 0.380. The lowest BCUT2D eigenvalue weighted by Crippen LogP contribution is -2.40. The summed E-state index contributed by atoms with van der Waals surface area (Å²) in [7, 11) is 0. The highest BCUT2D eigenvalue weighted by Crippen LogP contribution is 2.29. The van der Waals surface area contributed by atoms with Crippen LogP contribution in [0.2, 0.25) is 0 Å². The van der Waals surface area contributed by atoms with Gasteiger partial charge in [0, 0.05) is 12.6 Å². The molecule has 0 heterocycles. The summed E-state index contributed by atoms with van der Waals surface area (Å²) in [5.74, 6) is 1.96. The summed E-state index contributed by atoms with van der Waals surface area (Å²) in [6.07, 6.45) is 6.38. The normalized spacial score (nSPS) is 28.3. The highest BCUT2D eigenvalue weighted by molar-refractivity contribution is 4.79. The van der Waals surface area contributed by atoms with E-state index < -0.39 is 0 Å². The number of hydrogen-bond acceptors (Lipinski definition) is 2. The van der Waals surface area contributed by atoms with E-state index in [4.69, 9.17) is 0 Å². The van der Waals surface area contributed by atoms with Crippen LogP contribution in [0.5, 0.6) is 0 Å². The van der Waals surface area contributed by atoms with Gasteiger partial charge in [-0.3, -0.25) is 0 Å². The Kier molecular flexibility index (Phi) is 6.37. The predicted molar refractivity (Wildman–Crippen MR) is 69.5 cm³/mol. The van der Waals surface area contributed by atoms with Crippen molar-refractivity contribution in [3.05, 3.63) is 0 Å². The highest BCUT2D eigenvalue weighted by Gasteiger charge is 2.25. The number of aliphatic hydroxyl groups excluding tert-OH is 1.